The summed E-state index contributed by atoms with van der Waals surface area (Å²) >= 11 is 0. The zero-order valence-corrected chi connectivity index (χ0v) is 7.59. The first-order chi connectivity index (χ1) is 5.16. The third-order valence-corrected chi connectivity index (χ3v) is 1.11. The summed E-state index contributed by atoms with van der Waals surface area (Å²) in [5, 5.41) is 7.79. The predicted molar refractivity (Wildman–Crippen MR) is 48.3 cm³/mol. The molecule has 2 nitrogen and oxygen atoms in total. The van der Waals surface area contributed by atoms with Gasteiger partial charge in [-0.15, -0.1) is 0 Å². The highest BCUT2D eigenvalue weighted by Crippen LogP contribution is 2.02. The van der Waals surface area contributed by atoms with E-state index in [0.717, 1.165) is 24.2 Å². The molecule has 0 unspecified atom stereocenters. The summed E-state index contributed by atoms with van der Waals surface area (Å²) in [6.45, 7) is 9.53. The Kier molecular flexibility index (Phi) is 5.35. The lowest BCUT2D eigenvalue weighted by atomic mass is 10.3. The summed E-state index contributed by atoms with van der Waals surface area (Å²) in [4.78, 5) is 0. The maximum absolute atomic E-state index is 3.95. The molecule has 62 valence electrons. The van der Waals surface area contributed by atoms with Gasteiger partial charge in [-0.05, 0) is 20.3 Å². The molecule has 0 aliphatic heterocycles. The molecule has 0 atom stereocenters. The molecule has 0 aromatic heterocycles. The van der Waals surface area contributed by atoms with Gasteiger partial charge in [0.15, 0.2) is 0 Å². The Balaban J connectivity index is 3.84. The molecule has 0 saturated heterocycles. The van der Waals surface area contributed by atoms with Gasteiger partial charge in [0.05, 0.1) is 11.4 Å². The SMILES string of the molecule is C=C(C)N=N/C(C)=C/CCC. The van der Waals surface area contributed by atoms with Crippen molar-refractivity contribution in [1.82, 2.24) is 0 Å². The molecule has 11 heavy (non-hydrogen) atoms. The molecule has 0 N–H and O–H groups in total. The number of unbranched alkanes of at least 4 members (excludes halogenated alkanes) is 1. The summed E-state index contributed by atoms with van der Waals surface area (Å²) in [5.41, 5.74) is 1.71. The predicted octanol–water partition coefficient (Wildman–Crippen LogP) is 3.68. The minimum atomic E-state index is 0.745. The van der Waals surface area contributed by atoms with Crippen LogP contribution >= 0.6 is 0 Å². The maximum atomic E-state index is 3.95. The van der Waals surface area contributed by atoms with Gasteiger partial charge in [-0.25, -0.2) is 0 Å². The lowest BCUT2D eigenvalue weighted by molar-refractivity contribution is 0.935. The van der Waals surface area contributed by atoms with Crippen molar-refractivity contribution in [2.45, 2.75) is 33.6 Å². The van der Waals surface area contributed by atoms with Crippen LogP contribution in [0.1, 0.15) is 33.6 Å². The van der Waals surface area contributed by atoms with Gasteiger partial charge in [-0.2, -0.15) is 10.2 Å². The monoisotopic (exact) mass is 152 g/mol. The molecule has 0 amide bonds. The molecule has 0 heterocycles. The Morgan fingerprint density at radius 3 is 2.45 bits per heavy atom. The van der Waals surface area contributed by atoms with E-state index in [4.69, 9.17) is 0 Å². The molecule has 0 aromatic rings. The quantitative estimate of drug-likeness (QED) is 0.549. The van der Waals surface area contributed by atoms with Crippen molar-refractivity contribution in [2.24, 2.45) is 10.2 Å². The summed E-state index contributed by atoms with van der Waals surface area (Å²) in [6.07, 6.45) is 4.30. The molecular weight excluding hydrogens is 136 g/mol. The number of allylic oxidation sites excluding steroid dienone is 3. The molecule has 0 fully saturated rings. The molecule has 0 aliphatic rings. The zero-order valence-electron chi connectivity index (χ0n) is 7.59. The van der Waals surface area contributed by atoms with Crippen LogP contribution in [0.15, 0.2) is 34.3 Å². The van der Waals surface area contributed by atoms with Crippen LogP contribution in [-0.2, 0) is 0 Å². The van der Waals surface area contributed by atoms with E-state index in [2.05, 4.69) is 29.8 Å². The van der Waals surface area contributed by atoms with Crippen LogP contribution in [0.4, 0.5) is 0 Å². The van der Waals surface area contributed by atoms with Crippen molar-refractivity contribution in [3.63, 3.8) is 0 Å². The lowest BCUT2D eigenvalue weighted by Crippen LogP contribution is -1.69. The zero-order chi connectivity index (χ0) is 8.69. The Morgan fingerprint density at radius 2 is 2.00 bits per heavy atom. The third kappa shape index (κ3) is 6.97. The number of nitrogens with zero attached hydrogens (tertiary/aromatic N) is 2. The van der Waals surface area contributed by atoms with E-state index in [0.29, 0.717) is 0 Å². The average Bonchev–Trinajstić information content (AvgIpc) is 1.97. The topological polar surface area (TPSA) is 24.7 Å². The van der Waals surface area contributed by atoms with E-state index in [9.17, 15) is 0 Å². The fourth-order valence-electron chi connectivity index (χ4n) is 0.558. The van der Waals surface area contributed by atoms with Crippen LogP contribution in [0.5, 0.6) is 0 Å². The molecular formula is C9H16N2. The molecule has 2 heteroatoms. The average molecular weight is 152 g/mol. The van der Waals surface area contributed by atoms with Gasteiger partial charge in [-0.3, -0.25) is 0 Å². The second-order valence-corrected chi connectivity index (χ2v) is 2.57. The molecule has 0 aliphatic carbocycles. The van der Waals surface area contributed by atoms with Crippen molar-refractivity contribution in [3.05, 3.63) is 24.0 Å². The summed E-state index contributed by atoms with van der Waals surface area (Å²) in [6, 6.07) is 0. The molecule has 0 rings (SSSR count). The summed E-state index contributed by atoms with van der Waals surface area (Å²) < 4.78 is 0. The van der Waals surface area contributed by atoms with Crippen LogP contribution in [-0.4, -0.2) is 0 Å². The Bertz CT molecular complexity index is 178. The largest absolute Gasteiger partial charge is 0.156 e. The molecule has 0 saturated carbocycles. The summed E-state index contributed by atoms with van der Waals surface area (Å²) in [5.74, 6) is 0. The van der Waals surface area contributed by atoms with Gasteiger partial charge in [0.1, 0.15) is 0 Å². The molecule has 0 spiro atoms. The Labute approximate surface area is 68.7 Å². The second-order valence-electron chi connectivity index (χ2n) is 2.57. The van der Waals surface area contributed by atoms with Crippen molar-refractivity contribution >= 4 is 0 Å². The van der Waals surface area contributed by atoms with Crippen molar-refractivity contribution < 1.29 is 0 Å². The van der Waals surface area contributed by atoms with Crippen LogP contribution in [0.3, 0.4) is 0 Å². The van der Waals surface area contributed by atoms with Gasteiger partial charge < -0.3 is 0 Å². The van der Waals surface area contributed by atoms with Crippen molar-refractivity contribution in [3.8, 4) is 0 Å². The normalized spacial score (nSPS) is 12.5. The highest BCUT2D eigenvalue weighted by Gasteiger charge is 1.82. The lowest BCUT2D eigenvalue weighted by Gasteiger charge is -1.89. The van der Waals surface area contributed by atoms with Gasteiger partial charge in [-0.1, -0.05) is 26.0 Å². The number of rotatable bonds is 4. The number of hydrogen-bond donors (Lipinski definition) is 0. The smallest absolute Gasteiger partial charge is 0.0560 e. The minimum Gasteiger partial charge on any atom is -0.156 e. The third-order valence-electron chi connectivity index (χ3n) is 1.11. The fourth-order valence-corrected chi connectivity index (χ4v) is 0.558. The van der Waals surface area contributed by atoms with E-state index in [1.807, 2.05) is 13.8 Å². The number of hydrogen-bond acceptors (Lipinski definition) is 2. The van der Waals surface area contributed by atoms with Crippen LogP contribution in [0, 0.1) is 0 Å². The van der Waals surface area contributed by atoms with E-state index >= 15 is 0 Å². The fraction of sp³-hybridized carbons (Fsp3) is 0.556. The van der Waals surface area contributed by atoms with Crippen molar-refractivity contribution in [1.29, 1.82) is 0 Å². The highest BCUT2D eigenvalue weighted by molar-refractivity contribution is 4.96. The minimum absolute atomic E-state index is 0.745. The van der Waals surface area contributed by atoms with E-state index in [-0.39, 0.29) is 0 Å². The first-order valence-electron chi connectivity index (χ1n) is 3.90. The van der Waals surface area contributed by atoms with E-state index < -0.39 is 0 Å². The summed E-state index contributed by atoms with van der Waals surface area (Å²) in [7, 11) is 0. The molecule has 0 bridgehead atoms. The number of azo groups is 1. The maximum Gasteiger partial charge on any atom is 0.0560 e. The van der Waals surface area contributed by atoms with E-state index in [1.54, 1.807) is 0 Å². The molecule has 0 radical (unpaired) electrons. The Morgan fingerprint density at radius 1 is 1.36 bits per heavy atom. The molecule has 0 aromatic carbocycles. The Hall–Kier alpha value is -0.920. The first-order valence-corrected chi connectivity index (χ1v) is 3.90. The van der Waals surface area contributed by atoms with Gasteiger partial charge in [0.25, 0.3) is 0 Å². The first kappa shape index (κ1) is 10.1. The van der Waals surface area contributed by atoms with Crippen LogP contribution < -0.4 is 0 Å². The highest BCUT2D eigenvalue weighted by atomic mass is 15.1. The van der Waals surface area contributed by atoms with Gasteiger partial charge in [0.2, 0.25) is 0 Å². The van der Waals surface area contributed by atoms with Crippen LogP contribution in [0.25, 0.3) is 0 Å². The van der Waals surface area contributed by atoms with Crippen LogP contribution in [0.2, 0.25) is 0 Å². The second kappa shape index (κ2) is 5.83. The van der Waals surface area contributed by atoms with E-state index in [1.165, 1.54) is 0 Å². The van der Waals surface area contributed by atoms with Gasteiger partial charge in [0, 0.05) is 0 Å². The standard InChI is InChI=1S/C9H16N2/c1-5-6-7-9(4)11-10-8(2)3/h7H,2,5-6H2,1,3-4H3/b9-7+,11-10?. The van der Waals surface area contributed by atoms with Crippen molar-refractivity contribution in [2.75, 3.05) is 0 Å². The van der Waals surface area contributed by atoms with Gasteiger partial charge >= 0.3 is 0 Å².